The number of halogens is 2. The van der Waals surface area contributed by atoms with E-state index in [0.29, 0.717) is 12.0 Å². The van der Waals surface area contributed by atoms with Gasteiger partial charge >= 0.3 is 0 Å². The third kappa shape index (κ3) is 3.08. The largest absolute Gasteiger partial charge is 0.327 e. The molecule has 1 aliphatic rings. The Bertz CT molecular complexity index is 429. The van der Waals surface area contributed by atoms with Crippen LogP contribution in [0, 0.1) is 23.0 Å². The van der Waals surface area contributed by atoms with Gasteiger partial charge in [0.15, 0.2) is 0 Å². The van der Waals surface area contributed by atoms with Crippen LogP contribution in [0.25, 0.3) is 0 Å². The van der Waals surface area contributed by atoms with Crippen molar-refractivity contribution in [2.24, 2.45) is 17.1 Å². The van der Waals surface area contributed by atoms with E-state index < -0.39 is 11.6 Å². The number of benzene rings is 1. The van der Waals surface area contributed by atoms with E-state index in [0.717, 1.165) is 25.3 Å². The summed E-state index contributed by atoms with van der Waals surface area (Å²) in [5.41, 5.74) is 6.98. The average molecular weight is 253 g/mol. The van der Waals surface area contributed by atoms with Gasteiger partial charge in [0.25, 0.3) is 0 Å². The maximum absolute atomic E-state index is 13.6. The molecule has 2 rings (SSSR count). The molecule has 0 aliphatic heterocycles. The molecule has 0 heterocycles. The van der Waals surface area contributed by atoms with Crippen LogP contribution in [0.3, 0.4) is 0 Å². The van der Waals surface area contributed by atoms with Gasteiger partial charge in [0.2, 0.25) is 0 Å². The van der Waals surface area contributed by atoms with Gasteiger partial charge in [0.05, 0.1) is 0 Å². The molecule has 18 heavy (non-hydrogen) atoms. The molecule has 0 aromatic heterocycles. The Kier molecular flexibility index (Phi) is 3.71. The molecular formula is C15H21F2N. The highest BCUT2D eigenvalue weighted by atomic mass is 19.1. The summed E-state index contributed by atoms with van der Waals surface area (Å²) in [6.07, 6.45) is 3.72. The van der Waals surface area contributed by atoms with Crippen LogP contribution in [0.15, 0.2) is 18.2 Å². The molecule has 1 nitrogen and oxygen atoms in total. The lowest BCUT2D eigenvalue weighted by molar-refractivity contribution is 0.156. The highest BCUT2D eigenvalue weighted by Gasteiger charge is 2.33. The molecule has 3 heteroatoms. The van der Waals surface area contributed by atoms with Gasteiger partial charge in [-0.3, -0.25) is 0 Å². The van der Waals surface area contributed by atoms with E-state index in [1.165, 1.54) is 6.07 Å². The second-order valence-electron chi connectivity index (χ2n) is 6.27. The maximum atomic E-state index is 13.6. The monoisotopic (exact) mass is 253 g/mol. The zero-order chi connectivity index (χ0) is 13.3. The third-order valence-electron chi connectivity index (χ3n) is 4.07. The quantitative estimate of drug-likeness (QED) is 0.855. The van der Waals surface area contributed by atoms with E-state index in [4.69, 9.17) is 5.73 Å². The molecule has 2 N–H and O–H groups in total. The predicted octanol–water partition coefficient (Wildman–Crippen LogP) is 3.66. The summed E-state index contributed by atoms with van der Waals surface area (Å²) in [5.74, 6) is -0.691. The molecule has 1 saturated carbocycles. The van der Waals surface area contributed by atoms with E-state index in [-0.39, 0.29) is 17.4 Å². The predicted molar refractivity (Wildman–Crippen MR) is 69.2 cm³/mol. The summed E-state index contributed by atoms with van der Waals surface area (Å²) in [5, 5.41) is 0. The highest BCUT2D eigenvalue weighted by molar-refractivity contribution is 5.19. The minimum absolute atomic E-state index is 0.127. The van der Waals surface area contributed by atoms with Crippen molar-refractivity contribution in [3.63, 3.8) is 0 Å². The molecule has 0 spiro atoms. The number of hydrogen-bond donors (Lipinski definition) is 1. The molecule has 1 aromatic rings. The van der Waals surface area contributed by atoms with Gasteiger partial charge in [-0.1, -0.05) is 19.9 Å². The third-order valence-corrected chi connectivity index (χ3v) is 4.07. The number of nitrogens with two attached hydrogens (primary N) is 1. The fourth-order valence-electron chi connectivity index (χ4n) is 2.95. The molecule has 100 valence electrons. The van der Waals surface area contributed by atoms with Crippen LogP contribution in [-0.4, -0.2) is 6.04 Å². The van der Waals surface area contributed by atoms with Gasteiger partial charge in [0.1, 0.15) is 11.6 Å². The smallest absolute Gasteiger partial charge is 0.129 e. The molecule has 2 atom stereocenters. The Labute approximate surface area is 107 Å². The minimum Gasteiger partial charge on any atom is -0.327 e. The fourth-order valence-corrected chi connectivity index (χ4v) is 2.95. The lowest BCUT2D eigenvalue weighted by Gasteiger charge is -2.39. The van der Waals surface area contributed by atoms with Crippen LogP contribution in [0.4, 0.5) is 8.78 Å². The van der Waals surface area contributed by atoms with Crippen molar-refractivity contribution < 1.29 is 8.78 Å². The van der Waals surface area contributed by atoms with Crippen LogP contribution in [0.5, 0.6) is 0 Å². The first-order valence-corrected chi connectivity index (χ1v) is 6.57. The second kappa shape index (κ2) is 4.96. The van der Waals surface area contributed by atoms with Crippen LogP contribution in [0.2, 0.25) is 0 Å². The average Bonchev–Trinajstić information content (AvgIpc) is 2.27. The van der Waals surface area contributed by atoms with Crippen LogP contribution >= 0.6 is 0 Å². The number of hydrogen-bond acceptors (Lipinski definition) is 1. The zero-order valence-corrected chi connectivity index (χ0v) is 11.0. The van der Waals surface area contributed by atoms with Crippen molar-refractivity contribution >= 4 is 0 Å². The molecular weight excluding hydrogens is 232 g/mol. The van der Waals surface area contributed by atoms with Gasteiger partial charge in [0, 0.05) is 12.1 Å². The van der Waals surface area contributed by atoms with Crippen LogP contribution < -0.4 is 5.73 Å². The first kappa shape index (κ1) is 13.5. The summed E-state index contributed by atoms with van der Waals surface area (Å²) in [6, 6.07) is 3.94. The lowest BCUT2D eigenvalue weighted by Crippen LogP contribution is -2.40. The van der Waals surface area contributed by atoms with E-state index in [9.17, 15) is 8.78 Å². The van der Waals surface area contributed by atoms with E-state index in [1.54, 1.807) is 6.07 Å². The van der Waals surface area contributed by atoms with E-state index in [1.807, 2.05) is 0 Å². The number of rotatable bonds is 2. The van der Waals surface area contributed by atoms with Gasteiger partial charge in [-0.15, -0.1) is 0 Å². The van der Waals surface area contributed by atoms with Crippen molar-refractivity contribution in [3.8, 4) is 0 Å². The molecule has 0 radical (unpaired) electrons. The SMILES string of the molecule is CC1(C)CCC(N)C(Cc2ccc(F)cc2F)C1. The van der Waals surface area contributed by atoms with Crippen molar-refractivity contribution in [2.45, 2.75) is 45.6 Å². The Morgan fingerprint density at radius 1 is 1.33 bits per heavy atom. The Morgan fingerprint density at radius 2 is 2.06 bits per heavy atom. The van der Waals surface area contributed by atoms with Gasteiger partial charge in [-0.2, -0.15) is 0 Å². The Morgan fingerprint density at radius 3 is 2.72 bits per heavy atom. The van der Waals surface area contributed by atoms with Crippen molar-refractivity contribution in [1.29, 1.82) is 0 Å². The summed E-state index contributed by atoms with van der Waals surface area (Å²) >= 11 is 0. The molecule has 0 bridgehead atoms. The minimum atomic E-state index is -0.524. The second-order valence-corrected chi connectivity index (χ2v) is 6.27. The van der Waals surface area contributed by atoms with Gasteiger partial charge in [-0.05, 0) is 48.6 Å². The normalized spacial score (nSPS) is 27.2. The standard InChI is InChI=1S/C15H21F2N/c1-15(2)6-5-14(18)11(9-15)7-10-3-4-12(16)8-13(10)17/h3-4,8,11,14H,5-7,9,18H2,1-2H3. The summed E-state index contributed by atoms with van der Waals surface area (Å²) < 4.78 is 26.5. The fraction of sp³-hybridized carbons (Fsp3) is 0.600. The maximum Gasteiger partial charge on any atom is 0.129 e. The molecule has 1 aromatic carbocycles. The zero-order valence-electron chi connectivity index (χ0n) is 11.0. The van der Waals surface area contributed by atoms with Gasteiger partial charge < -0.3 is 5.73 Å². The first-order chi connectivity index (χ1) is 8.37. The molecule has 0 amide bonds. The Hall–Kier alpha value is -0.960. The molecule has 0 saturated heterocycles. The van der Waals surface area contributed by atoms with Crippen molar-refractivity contribution in [2.75, 3.05) is 0 Å². The summed E-state index contributed by atoms with van der Waals surface area (Å²) in [7, 11) is 0. The molecule has 1 fully saturated rings. The molecule has 2 unspecified atom stereocenters. The van der Waals surface area contributed by atoms with Crippen molar-refractivity contribution in [3.05, 3.63) is 35.4 Å². The highest BCUT2D eigenvalue weighted by Crippen LogP contribution is 2.39. The Balaban J connectivity index is 2.12. The summed E-state index contributed by atoms with van der Waals surface area (Å²) in [4.78, 5) is 0. The lowest BCUT2D eigenvalue weighted by atomic mass is 9.68. The van der Waals surface area contributed by atoms with Crippen LogP contribution in [0.1, 0.15) is 38.7 Å². The topological polar surface area (TPSA) is 26.0 Å². The first-order valence-electron chi connectivity index (χ1n) is 6.57. The van der Waals surface area contributed by atoms with Crippen LogP contribution in [-0.2, 0) is 6.42 Å². The van der Waals surface area contributed by atoms with Gasteiger partial charge in [-0.25, -0.2) is 8.78 Å². The van der Waals surface area contributed by atoms with E-state index in [2.05, 4.69) is 13.8 Å². The summed E-state index contributed by atoms with van der Waals surface area (Å²) in [6.45, 7) is 4.46. The van der Waals surface area contributed by atoms with Crippen molar-refractivity contribution in [1.82, 2.24) is 0 Å². The molecule has 1 aliphatic carbocycles. The van der Waals surface area contributed by atoms with E-state index >= 15 is 0 Å².